The number of hydrogen-bond donors (Lipinski definition) is 1. The molecule has 6 nitrogen and oxygen atoms in total. The van der Waals surface area contributed by atoms with Gasteiger partial charge in [-0.25, -0.2) is 4.79 Å². The molecule has 116 valence electrons. The minimum atomic E-state index is -0.749. The Hall–Kier alpha value is -1.98. The molecule has 1 aliphatic heterocycles. The van der Waals surface area contributed by atoms with Crippen molar-refractivity contribution in [2.24, 2.45) is 5.41 Å². The van der Waals surface area contributed by atoms with Gasteiger partial charge in [0.1, 0.15) is 5.76 Å². The maximum atomic E-state index is 12.4. The number of nitrogens with zero attached hydrogens (tertiary/aromatic N) is 2. The zero-order valence-electron chi connectivity index (χ0n) is 12.5. The Labute approximate surface area is 124 Å². The number of carboxylic acids is 1. The van der Waals surface area contributed by atoms with E-state index in [9.17, 15) is 14.7 Å². The summed E-state index contributed by atoms with van der Waals surface area (Å²) in [6.07, 6.45) is 3.21. The Morgan fingerprint density at radius 3 is 2.57 bits per heavy atom. The maximum Gasteiger partial charge on any atom is 0.320 e. The number of aliphatic carboxylic acids is 1. The van der Waals surface area contributed by atoms with Crippen molar-refractivity contribution in [3.05, 3.63) is 24.2 Å². The highest BCUT2D eigenvalue weighted by atomic mass is 16.4. The maximum absolute atomic E-state index is 12.4. The lowest BCUT2D eigenvalue weighted by molar-refractivity contribution is -0.152. The van der Waals surface area contributed by atoms with Gasteiger partial charge in [0, 0.05) is 20.1 Å². The van der Waals surface area contributed by atoms with E-state index in [1.165, 1.54) is 0 Å². The Bertz CT molecular complexity index is 490. The van der Waals surface area contributed by atoms with Gasteiger partial charge in [-0.15, -0.1) is 0 Å². The highest BCUT2D eigenvalue weighted by Crippen LogP contribution is 2.35. The number of rotatable bonds is 4. The molecule has 0 atom stereocenters. The second kappa shape index (κ2) is 6.20. The molecule has 0 radical (unpaired) electrons. The average molecular weight is 294 g/mol. The highest BCUT2D eigenvalue weighted by molar-refractivity contribution is 5.77. The smallest absolute Gasteiger partial charge is 0.320 e. The molecular formula is C15H22N2O4. The lowest BCUT2D eigenvalue weighted by atomic mass is 9.76. The van der Waals surface area contributed by atoms with Crippen LogP contribution in [0.1, 0.15) is 31.9 Å². The van der Waals surface area contributed by atoms with E-state index in [-0.39, 0.29) is 6.03 Å². The largest absolute Gasteiger partial charge is 0.481 e. The fourth-order valence-corrected chi connectivity index (χ4v) is 2.79. The van der Waals surface area contributed by atoms with E-state index in [1.54, 1.807) is 29.2 Å². The summed E-state index contributed by atoms with van der Waals surface area (Å²) in [7, 11) is 1.73. The fraction of sp³-hybridized carbons (Fsp3) is 0.600. The molecule has 1 fully saturated rings. The van der Waals surface area contributed by atoms with Crippen molar-refractivity contribution in [2.45, 2.75) is 32.7 Å². The number of likely N-dealkylation sites (tertiary alicyclic amines) is 1. The summed E-state index contributed by atoms with van der Waals surface area (Å²) in [4.78, 5) is 27.1. The highest BCUT2D eigenvalue weighted by Gasteiger charge is 2.41. The molecule has 0 aliphatic carbocycles. The van der Waals surface area contributed by atoms with Crippen molar-refractivity contribution in [2.75, 3.05) is 20.1 Å². The number of carboxylic acid groups (broad SMARTS) is 1. The van der Waals surface area contributed by atoms with E-state index < -0.39 is 11.4 Å². The standard InChI is InChI=1S/C15H22N2O4/c1-3-15(13(18)19)6-8-17(9-7-15)14(20)16(2)11-12-5-4-10-21-12/h4-5,10H,3,6-9,11H2,1-2H3,(H,18,19). The van der Waals surface area contributed by atoms with Crippen LogP contribution in [-0.4, -0.2) is 47.0 Å². The van der Waals surface area contributed by atoms with E-state index in [0.717, 1.165) is 5.76 Å². The van der Waals surface area contributed by atoms with Gasteiger partial charge in [0.2, 0.25) is 0 Å². The summed E-state index contributed by atoms with van der Waals surface area (Å²) < 4.78 is 5.23. The zero-order valence-corrected chi connectivity index (χ0v) is 12.5. The van der Waals surface area contributed by atoms with Crippen molar-refractivity contribution < 1.29 is 19.1 Å². The lowest BCUT2D eigenvalue weighted by Crippen LogP contribution is -2.49. The topological polar surface area (TPSA) is 74.0 Å². The van der Waals surface area contributed by atoms with Crippen LogP contribution in [0.4, 0.5) is 4.79 Å². The van der Waals surface area contributed by atoms with Crippen molar-refractivity contribution >= 4 is 12.0 Å². The summed E-state index contributed by atoms with van der Waals surface area (Å²) in [5.41, 5.74) is -0.670. The van der Waals surface area contributed by atoms with E-state index in [4.69, 9.17) is 4.42 Å². The second-order valence-electron chi connectivity index (χ2n) is 5.64. The minimum absolute atomic E-state index is 0.0820. The van der Waals surface area contributed by atoms with E-state index in [2.05, 4.69) is 0 Å². The van der Waals surface area contributed by atoms with Crippen molar-refractivity contribution in [1.29, 1.82) is 0 Å². The van der Waals surface area contributed by atoms with Gasteiger partial charge in [0.15, 0.2) is 0 Å². The van der Waals surface area contributed by atoms with Crippen LogP contribution in [0.3, 0.4) is 0 Å². The number of hydrogen-bond acceptors (Lipinski definition) is 3. The second-order valence-corrected chi connectivity index (χ2v) is 5.64. The van der Waals surface area contributed by atoms with Crippen LogP contribution in [-0.2, 0) is 11.3 Å². The quantitative estimate of drug-likeness (QED) is 0.925. The molecule has 0 spiro atoms. The third-order valence-corrected chi connectivity index (χ3v) is 4.42. The van der Waals surface area contributed by atoms with Gasteiger partial charge in [-0.1, -0.05) is 6.92 Å². The number of carbonyl (C=O) groups is 2. The van der Waals surface area contributed by atoms with Gasteiger partial charge >= 0.3 is 12.0 Å². The van der Waals surface area contributed by atoms with E-state index in [1.807, 2.05) is 13.0 Å². The lowest BCUT2D eigenvalue weighted by Gasteiger charge is -2.39. The molecule has 0 bridgehead atoms. The first kappa shape index (κ1) is 15.4. The summed E-state index contributed by atoms with van der Waals surface area (Å²) >= 11 is 0. The SMILES string of the molecule is CCC1(C(=O)O)CCN(C(=O)N(C)Cc2ccco2)CC1. The molecule has 2 rings (SSSR count). The van der Waals surface area contributed by atoms with Crippen LogP contribution in [0.2, 0.25) is 0 Å². The van der Waals surface area contributed by atoms with Crippen LogP contribution in [0.5, 0.6) is 0 Å². The molecule has 0 aromatic carbocycles. The first-order valence-corrected chi connectivity index (χ1v) is 7.24. The molecule has 1 aliphatic rings. The van der Waals surface area contributed by atoms with Crippen molar-refractivity contribution in [3.8, 4) is 0 Å². The number of amides is 2. The molecule has 1 aromatic heterocycles. The molecular weight excluding hydrogens is 272 g/mol. The monoisotopic (exact) mass is 294 g/mol. The van der Waals surface area contributed by atoms with Gasteiger partial charge in [-0.3, -0.25) is 4.79 Å². The Morgan fingerprint density at radius 1 is 1.43 bits per heavy atom. The normalized spacial score (nSPS) is 17.5. The molecule has 21 heavy (non-hydrogen) atoms. The molecule has 0 saturated carbocycles. The Kier molecular flexibility index (Phi) is 4.55. The number of piperidine rings is 1. The van der Waals surface area contributed by atoms with Gasteiger partial charge in [-0.05, 0) is 31.4 Å². The third kappa shape index (κ3) is 3.20. The van der Waals surface area contributed by atoms with Crippen LogP contribution >= 0.6 is 0 Å². The number of urea groups is 1. The first-order valence-electron chi connectivity index (χ1n) is 7.24. The Morgan fingerprint density at radius 2 is 2.10 bits per heavy atom. The van der Waals surface area contributed by atoms with E-state index in [0.29, 0.717) is 38.9 Å². The summed E-state index contributed by atoms with van der Waals surface area (Å²) in [6.45, 7) is 3.29. The summed E-state index contributed by atoms with van der Waals surface area (Å²) in [6, 6.07) is 3.53. The molecule has 2 heterocycles. The van der Waals surface area contributed by atoms with Gasteiger partial charge in [0.25, 0.3) is 0 Å². The average Bonchev–Trinajstić information content (AvgIpc) is 2.99. The zero-order chi connectivity index (χ0) is 15.5. The predicted molar refractivity (Wildman–Crippen MR) is 76.7 cm³/mol. The molecule has 0 unspecified atom stereocenters. The van der Waals surface area contributed by atoms with Crippen molar-refractivity contribution in [3.63, 3.8) is 0 Å². The minimum Gasteiger partial charge on any atom is -0.481 e. The number of furan rings is 1. The van der Waals surface area contributed by atoms with Crippen LogP contribution in [0, 0.1) is 5.41 Å². The predicted octanol–water partition coefficient (Wildman–Crippen LogP) is 2.41. The first-order chi connectivity index (χ1) is 9.98. The van der Waals surface area contributed by atoms with Crippen LogP contribution in [0.25, 0.3) is 0 Å². The summed E-state index contributed by atoms with van der Waals surface area (Å²) in [5.74, 6) is -0.0164. The fourth-order valence-electron chi connectivity index (χ4n) is 2.79. The number of carbonyl (C=O) groups excluding carboxylic acids is 1. The van der Waals surface area contributed by atoms with Crippen LogP contribution in [0.15, 0.2) is 22.8 Å². The van der Waals surface area contributed by atoms with Crippen LogP contribution < -0.4 is 0 Å². The molecule has 6 heteroatoms. The Balaban J connectivity index is 1.92. The van der Waals surface area contributed by atoms with Gasteiger partial charge in [0.05, 0.1) is 18.2 Å². The molecule has 2 amide bonds. The van der Waals surface area contributed by atoms with Crippen molar-refractivity contribution in [1.82, 2.24) is 9.80 Å². The third-order valence-electron chi connectivity index (χ3n) is 4.42. The molecule has 1 aromatic rings. The van der Waals surface area contributed by atoms with E-state index >= 15 is 0 Å². The van der Waals surface area contributed by atoms with Gasteiger partial charge < -0.3 is 19.3 Å². The molecule has 1 N–H and O–H groups in total. The molecule has 1 saturated heterocycles. The summed E-state index contributed by atoms with van der Waals surface area (Å²) in [5, 5.41) is 9.37. The van der Waals surface area contributed by atoms with Gasteiger partial charge in [-0.2, -0.15) is 0 Å².